The number of aliphatic carboxylic acids is 1. The van der Waals surface area contributed by atoms with Crippen LogP contribution in [0.3, 0.4) is 0 Å². The van der Waals surface area contributed by atoms with Gasteiger partial charge < -0.3 is 69.1 Å². The topological polar surface area (TPSA) is 397 Å². The molecule has 0 bridgehead atoms. The van der Waals surface area contributed by atoms with E-state index in [0.29, 0.717) is 23.4 Å². The number of amides is 9. The van der Waals surface area contributed by atoms with Gasteiger partial charge in [-0.3, -0.25) is 43.2 Å². The van der Waals surface area contributed by atoms with Crippen molar-refractivity contribution in [3.05, 3.63) is 72.3 Å². The summed E-state index contributed by atoms with van der Waals surface area (Å²) in [6, 6.07) is -1.61. The summed E-state index contributed by atoms with van der Waals surface area (Å²) in [7, 11) is 0. The number of benzene rings is 1. The zero-order chi connectivity index (χ0) is 55.9. The van der Waals surface area contributed by atoms with Crippen LogP contribution in [0.5, 0.6) is 0 Å². The molecule has 0 unspecified atom stereocenters. The van der Waals surface area contributed by atoms with Gasteiger partial charge in [-0.2, -0.15) is 0 Å². The number of carbonyl (C=O) groups excluding carboxylic acids is 9. The smallest absolute Gasteiger partial charge is 0.326 e. The first-order chi connectivity index (χ1) is 35.3. The van der Waals surface area contributed by atoms with Crippen LogP contribution >= 0.6 is 0 Å². The highest BCUT2D eigenvalue weighted by Gasteiger charge is 2.36. The first-order valence-corrected chi connectivity index (χ1v) is 25.0. The summed E-state index contributed by atoms with van der Waals surface area (Å²) >= 11 is 0. The normalized spacial score (nSPS) is 14.5. The number of carboxylic acid groups (broad SMARTS) is 1. The van der Waals surface area contributed by atoms with Gasteiger partial charge >= 0.3 is 5.97 Å². The molecule has 8 atom stereocenters. The fraction of sp³-hybridized carbons (Fsp3) is 0.560. The Labute approximate surface area is 436 Å². The zero-order valence-corrected chi connectivity index (χ0v) is 43.9. The van der Waals surface area contributed by atoms with Crippen molar-refractivity contribution in [2.75, 3.05) is 6.54 Å². The average molecular weight is 1050 g/mol. The number of H-pyrrole nitrogens is 2. The molecule has 412 valence electrons. The van der Waals surface area contributed by atoms with E-state index in [1.54, 1.807) is 58.0 Å². The summed E-state index contributed by atoms with van der Waals surface area (Å²) in [4.78, 5) is 148. The lowest BCUT2D eigenvalue weighted by Crippen LogP contribution is -2.61. The van der Waals surface area contributed by atoms with Gasteiger partial charge in [0, 0.05) is 43.0 Å². The third-order valence-electron chi connectivity index (χ3n) is 11.6. The van der Waals surface area contributed by atoms with E-state index in [2.05, 4.69) is 62.5 Å². The monoisotopic (exact) mass is 1050 g/mol. The Morgan fingerprint density at radius 2 is 0.987 bits per heavy atom. The molecule has 2 heterocycles. The number of imidazole rings is 2. The van der Waals surface area contributed by atoms with E-state index in [4.69, 9.17) is 11.5 Å². The predicted octanol–water partition coefficient (Wildman–Crippen LogP) is -1.25. The second kappa shape index (κ2) is 30.5. The van der Waals surface area contributed by atoms with Crippen molar-refractivity contribution in [3.8, 4) is 0 Å². The Balaban J connectivity index is 1.85. The molecule has 9 amide bonds. The molecule has 0 aliphatic carbocycles. The molecule has 0 aliphatic rings. The van der Waals surface area contributed by atoms with Gasteiger partial charge in [0.15, 0.2) is 0 Å². The summed E-state index contributed by atoms with van der Waals surface area (Å²) in [5.41, 5.74) is 13.1. The third kappa shape index (κ3) is 22.1. The number of hydrogen-bond acceptors (Lipinski definition) is 13. The van der Waals surface area contributed by atoms with Gasteiger partial charge in [0.25, 0.3) is 0 Å². The number of aromatic nitrogens is 4. The fourth-order valence-electron chi connectivity index (χ4n) is 7.81. The maximum absolute atomic E-state index is 14.4. The first-order valence-electron chi connectivity index (χ1n) is 25.0. The molecular weight excluding hydrogens is 973 g/mol. The van der Waals surface area contributed by atoms with Crippen molar-refractivity contribution >= 4 is 59.1 Å². The molecule has 25 nitrogen and oxygen atoms in total. The molecule has 0 saturated carbocycles. The van der Waals surface area contributed by atoms with Crippen LogP contribution in [0.15, 0.2) is 55.4 Å². The lowest BCUT2D eigenvalue weighted by molar-refractivity contribution is -0.141. The first kappa shape index (κ1) is 61.6. The number of carbonyl (C=O) groups is 10. The second-order valence-corrected chi connectivity index (χ2v) is 20.1. The number of nitrogens with two attached hydrogens (primary N) is 2. The lowest BCUT2D eigenvalue weighted by atomic mass is 9.98. The highest BCUT2D eigenvalue weighted by molar-refractivity contribution is 5.99. The van der Waals surface area contributed by atoms with Gasteiger partial charge in [-0.05, 0) is 48.5 Å². The highest BCUT2D eigenvalue weighted by Crippen LogP contribution is 2.13. The van der Waals surface area contributed by atoms with E-state index in [1.165, 1.54) is 25.0 Å². The van der Waals surface area contributed by atoms with Crippen molar-refractivity contribution in [1.29, 1.82) is 0 Å². The van der Waals surface area contributed by atoms with Crippen LogP contribution in [0.25, 0.3) is 0 Å². The van der Waals surface area contributed by atoms with Crippen LogP contribution < -0.4 is 54.0 Å². The van der Waals surface area contributed by atoms with Gasteiger partial charge in [-0.15, -0.1) is 0 Å². The van der Waals surface area contributed by atoms with Gasteiger partial charge in [-0.25, -0.2) is 14.8 Å². The molecular formula is C50H76N14O11. The Morgan fingerprint density at radius 3 is 1.45 bits per heavy atom. The van der Waals surface area contributed by atoms with Gasteiger partial charge in [0.2, 0.25) is 53.2 Å². The Hall–Kier alpha value is -7.70. The second-order valence-electron chi connectivity index (χ2n) is 20.1. The third-order valence-corrected chi connectivity index (χ3v) is 11.6. The number of carboxylic acids is 1. The van der Waals surface area contributed by atoms with Crippen LogP contribution in [-0.4, -0.2) is 139 Å². The van der Waals surface area contributed by atoms with Crippen molar-refractivity contribution in [2.24, 2.45) is 35.1 Å². The molecule has 75 heavy (non-hydrogen) atoms. The van der Waals surface area contributed by atoms with Crippen molar-refractivity contribution in [1.82, 2.24) is 62.5 Å². The molecule has 2 aromatic heterocycles. The average Bonchev–Trinajstić information content (AvgIpc) is 4.05. The molecule has 3 rings (SSSR count). The minimum Gasteiger partial charge on any atom is -0.480 e. The lowest BCUT2D eigenvalue weighted by Gasteiger charge is -2.29. The number of aromatic amines is 2. The molecule has 0 saturated heterocycles. The van der Waals surface area contributed by atoms with Gasteiger partial charge in [0.1, 0.15) is 42.3 Å². The summed E-state index contributed by atoms with van der Waals surface area (Å²) in [5.74, 6) is -9.42. The maximum atomic E-state index is 14.4. The SMILES string of the molecule is CC(C)C[C@H](NC(=O)[C@H](Cc1ccccc1)NC(=O)[C@H](CC(C)C)NC(=O)[C@@H](NC(=O)[C@@H](N)CC(C)C)C(C)C)C(=O)N[C@@H](CC(N)=O)C(=O)N[C@@H](Cc1cnc[nH]1)C(=O)NCC(=O)N[C@@H](Cc1cnc[nH]1)C(=O)O. The molecule has 25 heteroatoms. The highest BCUT2D eigenvalue weighted by atomic mass is 16.4. The van der Waals surface area contributed by atoms with E-state index in [9.17, 15) is 53.1 Å². The van der Waals surface area contributed by atoms with Gasteiger partial charge in [0.05, 0.1) is 31.7 Å². The Bertz CT molecular complexity index is 2360. The molecule has 0 fully saturated rings. The number of rotatable bonds is 32. The van der Waals surface area contributed by atoms with Crippen LogP contribution in [0.2, 0.25) is 0 Å². The summed E-state index contributed by atoms with van der Waals surface area (Å²) in [6.07, 6.45) is 4.79. The Morgan fingerprint density at radius 1 is 0.533 bits per heavy atom. The Kier molecular flexibility index (Phi) is 25.0. The van der Waals surface area contributed by atoms with Crippen molar-refractivity contribution in [2.45, 2.75) is 149 Å². The van der Waals surface area contributed by atoms with E-state index >= 15 is 0 Å². The van der Waals surface area contributed by atoms with Crippen molar-refractivity contribution in [3.63, 3.8) is 0 Å². The van der Waals surface area contributed by atoms with Crippen LogP contribution in [0.4, 0.5) is 0 Å². The minimum atomic E-state index is -1.70. The zero-order valence-electron chi connectivity index (χ0n) is 43.9. The summed E-state index contributed by atoms with van der Waals surface area (Å²) in [5, 5.41) is 30.3. The summed E-state index contributed by atoms with van der Waals surface area (Å²) in [6.45, 7) is 13.8. The van der Waals surface area contributed by atoms with E-state index in [-0.39, 0.29) is 49.9 Å². The number of nitrogens with zero attached hydrogens (tertiary/aromatic N) is 2. The van der Waals surface area contributed by atoms with E-state index in [0.717, 1.165) is 0 Å². The molecule has 0 radical (unpaired) electrons. The van der Waals surface area contributed by atoms with Crippen LogP contribution in [-0.2, 0) is 67.2 Å². The quantitative estimate of drug-likeness (QED) is 0.0348. The number of hydrogen-bond donors (Lipinski definition) is 13. The number of primary amides is 1. The predicted molar refractivity (Wildman–Crippen MR) is 274 cm³/mol. The largest absolute Gasteiger partial charge is 0.480 e. The molecule has 1 aromatic carbocycles. The standard InChI is InChI=1S/C50H76N14O11/c1-26(2)14-33(51)43(67)64-42(29(7)8)49(73)63-35(16-28(5)6)46(70)60-36(17-30-12-10-9-11-13-30)47(71)59-34(15-27(3)4)45(69)62-38(20-40(52)65)48(72)61-37(18-31-21-53-24-56-31)44(68)55-23-41(66)58-39(50(74)75)19-32-22-54-25-57-32/h9-13,21-22,24-29,33-39,42H,14-20,23,51H2,1-8H3,(H2,52,65)(H,53,56)(H,54,57)(H,55,68)(H,58,66)(H,59,71)(H,60,70)(H,61,72)(H,62,69)(H,63,73)(H,64,67)(H,74,75)/t33-,34-,35-,36-,37-,38-,39-,42-/m0/s1. The fourth-order valence-corrected chi connectivity index (χ4v) is 7.81. The minimum absolute atomic E-state index is 0.00119. The van der Waals surface area contributed by atoms with E-state index < -0.39 is 126 Å². The number of nitrogens with one attached hydrogen (secondary N) is 10. The van der Waals surface area contributed by atoms with Gasteiger partial charge in [-0.1, -0.05) is 85.7 Å². The van der Waals surface area contributed by atoms with Crippen molar-refractivity contribution < 1.29 is 53.1 Å². The molecule has 0 aliphatic heterocycles. The maximum Gasteiger partial charge on any atom is 0.326 e. The molecule has 0 spiro atoms. The van der Waals surface area contributed by atoms with E-state index in [1.807, 2.05) is 27.7 Å². The molecule has 15 N–H and O–H groups in total. The summed E-state index contributed by atoms with van der Waals surface area (Å²) < 4.78 is 0. The van der Waals surface area contributed by atoms with Crippen LogP contribution in [0, 0.1) is 23.7 Å². The molecule has 3 aromatic rings. The van der Waals surface area contributed by atoms with Crippen LogP contribution in [0.1, 0.15) is 98.0 Å².